The first-order chi connectivity index (χ1) is 12.7. The van der Waals surface area contributed by atoms with Gasteiger partial charge in [-0.2, -0.15) is 0 Å². The van der Waals surface area contributed by atoms with Crippen LogP contribution in [0, 0.1) is 0 Å². The van der Waals surface area contributed by atoms with Crippen molar-refractivity contribution >= 4 is 11.7 Å². The van der Waals surface area contributed by atoms with Crippen LogP contribution in [-0.2, 0) is 16.1 Å². The van der Waals surface area contributed by atoms with E-state index in [0.29, 0.717) is 19.6 Å². The highest BCUT2D eigenvalue weighted by molar-refractivity contribution is 5.76. The Balaban J connectivity index is 1.51. The van der Waals surface area contributed by atoms with Crippen molar-refractivity contribution in [3.8, 4) is 5.75 Å². The van der Waals surface area contributed by atoms with Crippen molar-refractivity contribution in [3.63, 3.8) is 0 Å². The van der Waals surface area contributed by atoms with Gasteiger partial charge in [-0.3, -0.25) is 4.90 Å². The molecule has 26 heavy (non-hydrogen) atoms. The lowest BCUT2D eigenvalue weighted by molar-refractivity contribution is -0.0342. The number of nitrogens with zero attached hydrogens (tertiary/aromatic N) is 1. The molecule has 1 fully saturated rings. The predicted octanol–water partition coefficient (Wildman–Crippen LogP) is 3.59. The van der Waals surface area contributed by atoms with Gasteiger partial charge in [0, 0.05) is 5.56 Å². The minimum absolute atomic E-state index is 0.0865. The third-order valence-corrected chi connectivity index (χ3v) is 4.86. The summed E-state index contributed by atoms with van der Waals surface area (Å²) in [6.45, 7) is 1.17. The summed E-state index contributed by atoms with van der Waals surface area (Å²) in [6, 6.07) is 16.7. The van der Waals surface area contributed by atoms with E-state index in [1.807, 2.05) is 48.5 Å². The summed E-state index contributed by atoms with van der Waals surface area (Å²) >= 11 is 0. The molecule has 0 saturated carbocycles. The number of phenolic OH excluding ortho intramolecular Hbond substituents is 1. The van der Waals surface area contributed by atoms with Gasteiger partial charge in [-0.15, -0.1) is 0 Å². The minimum Gasteiger partial charge on any atom is -0.507 e. The monoisotopic (exact) mass is 351 g/mol. The number of benzene rings is 2. The largest absolute Gasteiger partial charge is 0.507 e. The van der Waals surface area contributed by atoms with Crippen LogP contribution in [0.1, 0.15) is 17.5 Å². The summed E-state index contributed by atoms with van der Waals surface area (Å²) in [5.74, 6) is 0.262. The molecule has 2 aliphatic heterocycles. The second-order valence-electron chi connectivity index (χ2n) is 6.62. The van der Waals surface area contributed by atoms with Crippen molar-refractivity contribution in [2.75, 3.05) is 13.2 Å². The standard InChI is InChI=1S/C21H21NO4/c23-20-9-5-4-8-19(20)16-10-17-13-25-14-18(11-16)22(17)21(24)26-12-15-6-2-1-3-7-15/h1-10,17-18,23H,11-14H2. The number of ether oxygens (including phenoxy) is 2. The van der Waals surface area contributed by atoms with E-state index in [0.717, 1.165) is 16.7 Å². The number of rotatable bonds is 3. The highest BCUT2D eigenvalue weighted by Gasteiger charge is 2.39. The van der Waals surface area contributed by atoms with Gasteiger partial charge in [0.05, 0.1) is 25.3 Å². The molecule has 0 aliphatic carbocycles. The van der Waals surface area contributed by atoms with Crippen LogP contribution in [0.2, 0.25) is 0 Å². The van der Waals surface area contributed by atoms with Crippen LogP contribution in [0.4, 0.5) is 4.79 Å². The smallest absolute Gasteiger partial charge is 0.411 e. The van der Waals surface area contributed by atoms with Gasteiger partial charge in [0.1, 0.15) is 12.4 Å². The van der Waals surface area contributed by atoms with Crippen molar-refractivity contribution in [1.29, 1.82) is 0 Å². The highest BCUT2D eigenvalue weighted by atomic mass is 16.6. The first-order valence-electron chi connectivity index (χ1n) is 8.78. The van der Waals surface area contributed by atoms with Crippen LogP contribution < -0.4 is 0 Å². The summed E-state index contributed by atoms with van der Waals surface area (Å²) < 4.78 is 11.2. The molecule has 0 spiro atoms. The summed E-state index contributed by atoms with van der Waals surface area (Å²) in [7, 11) is 0. The lowest BCUT2D eigenvalue weighted by atomic mass is 9.89. The fourth-order valence-electron chi connectivity index (χ4n) is 3.62. The van der Waals surface area contributed by atoms with Gasteiger partial charge in [-0.25, -0.2) is 4.79 Å². The van der Waals surface area contributed by atoms with Crippen LogP contribution in [0.25, 0.3) is 5.57 Å². The molecule has 5 heteroatoms. The maximum absolute atomic E-state index is 12.7. The van der Waals surface area contributed by atoms with Gasteiger partial charge in [0.15, 0.2) is 0 Å². The van der Waals surface area contributed by atoms with Gasteiger partial charge in [0.2, 0.25) is 0 Å². The minimum atomic E-state index is -0.320. The number of morpholine rings is 1. The van der Waals surface area contributed by atoms with E-state index in [9.17, 15) is 9.90 Å². The van der Waals surface area contributed by atoms with E-state index in [1.165, 1.54) is 0 Å². The van der Waals surface area contributed by atoms with Gasteiger partial charge in [-0.1, -0.05) is 54.6 Å². The molecular formula is C21H21NO4. The number of phenols is 1. The molecule has 2 atom stereocenters. The van der Waals surface area contributed by atoms with Gasteiger partial charge >= 0.3 is 6.09 Å². The molecule has 2 aromatic carbocycles. The van der Waals surface area contributed by atoms with E-state index >= 15 is 0 Å². The summed E-state index contributed by atoms with van der Waals surface area (Å²) in [5.41, 5.74) is 2.83. The lowest BCUT2D eigenvalue weighted by Gasteiger charge is -2.43. The summed E-state index contributed by atoms with van der Waals surface area (Å²) in [4.78, 5) is 14.4. The molecule has 1 saturated heterocycles. The number of carbonyl (C=O) groups excluding carboxylic acids is 1. The van der Waals surface area contributed by atoms with E-state index < -0.39 is 0 Å². The highest BCUT2D eigenvalue weighted by Crippen LogP contribution is 2.36. The number of aromatic hydroxyl groups is 1. The number of amides is 1. The zero-order valence-corrected chi connectivity index (χ0v) is 14.4. The predicted molar refractivity (Wildman–Crippen MR) is 97.6 cm³/mol. The Kier molecular flexibility index (Phi) is 4.63. The fraction of sp³-hybridized carbons (Fsp3) is 0.286. The number of carbonyl (C=O) groups is 1. The molecule has 4 rings (SSSR count). The Hall–Kier alpha value is -2.79. The summed E-state index contributed by atoms with van der Waals surface area (Å²) in [5, 5.41) is 10.1. The maximum Gasteiger partial charge on any atom is 0.411 e. The average molecular weight is 351 g/mol. The molecule has 5 nitrogen and oxygen atoms in total. The van der Waals surface area contributed by atoms with Gasteiger partial charge in [-0.05, 0) is 23.6 Å². The van der Waals surface area contributed by atoms with Crippen molar-refractivity contribution in [3.05, 3.63) is 71.8 Å². The number of hydrogen-bond donors (Lipinski definition) is 1. The molecule has 2 aromatic rings. The Morgan fingerprint density at radius 1 is 1.12 bits per heavy atom. The molecule has 2 bridgehead atoms. The van der Waals surface area contributed by atoms with E-state index in [4.69, 9.17) is 9.47 Å². The molecule has 1 N–H and O–H groups in total. The molecule has 134 valence electrons. The number of para-hydroxylation sites is 1. The van der Waals surface area contributed by atoms with E-state index in [-0.39, 0.29) is 30.5 Å². The zero-order valence-electron chi connectivity index (χ0n) is 14.4. The van der Waals surface area contributed by atoms with Crippen molar-refractivity contribution in [2.24, 2.45) is 0 Å². The average Bonchev–Trinajstić information content (AvgIpc) is 2.66. The Morgan fingerprint density at radius 2 is 1.88 bits per heavy atom. The number of hydrogen-bond acceptors (Lipinski definition) is 4. The van der Waals surface area contributed by atoms with E-state index in [1.54, 1.807) is 17.0 Å². The van der Waals surface area contributed by atoms with Crippen LogP contribution in [-0.4, -0.2) is 41.4 Å². The lowest BCUT2D eigenvalue weighted by Crippen LogP contribution is -2.56. The van der Waals surface area contributed by atoms with Crippen LogP contribution in [0.5, 0.6) is 5.75 Å². The molecule has 1 amide bonds. The molecular weight excluding hydrogens is 330 g/mol. The Morgan fingerprint density at radius 3 is 2.65 bits per heavy atom. The molecule has 0 radical (unpaired) electrons. The summed E-state index contributed by atoms with van der Waals surface area (Å²) in [6.07, 6.45) is 2.32. The zero-order chi connectivity index (χ0) is 17.9. The third-order valence-electron chi connectivity index (χ3n) is 4.86. The normalized spacial score (nSPS) is 21.8. The topological polar surface area (TPSA) is 59.0 Å². The number of fused-ring (bicyclic) bond motifs is 2. The third kappa shape index (κ3) is 3.30. The van der Waals surface area contributed by atoms with Gasteiger partial charge in [0.25, 0.3) is 0 Å². The molecule has 2 aliphatic rings. The Bertz CT molecular complexity index is 818. The molecule has 2 unspecified atom stereocenters. The Labute approximate surface area is 152 Å². The fourth-order valence-corrected chi connectivity index (χ4v) is 3.62. The van der Waals surface area contributed by atoms with Crippen LogP contribution >= 0.6 is 0 Å². The quantitative estimate of drug-likeness (QED) is 0.918. The van der Waals surface area contributed by atoms with Crippen molar-refractivity contribution in [1.82, 2.24) is 4.90 Å². The first kappa shape index (κ1) is 16.7. The second kappa shape index (κ2) is 7.22. The van der Waals surface area contributed by atoms with Gasteiger partial charge < -0.3 is 14.6 Å². The van der Waals surface area contributed by atoms with Crippen molar-refractivity contribution in [2.45, 2.75) is 25.1 Å². The molecule has 0 aromatic heterocycles. The second-order valence-corrected chi connectivity index (χ2v) is 6.62. The first-order valence-corrected chi connectivity index (χ1v) is 8.78. The van der Waals surface area contributed by atoms with Crippen LogP contribution in [0.3, 0.4) is 0 Å². The van der Waals surface area contributed by atoms with Crippen molar-refractivity contribution < 1.29 is 19.4 Å². The molecule has 2 heterocycles. The maximum atomic E-state index is 12.7. The van der Waals surface area contributed by atoms with Crippen LogP contribution in [0.15, 0.2) is 60.7 Å². The SMILES string of the molecule is O=C(OCc1ccccc1)N1C2C=C(c3ccccc3O)CC1COC2. The van der Waals surface area contributed by atoms with E-state index in [2.05, 4.69) is 0 Å².